The number of anilines is 1. The first-order chi connectivity index (χ1) is 21.0. The number of benzene rings is 2. The zero-order valence-corrected chi connectivity index (χ0v) is 26.1. The van der Waals surface area contributed by atoms with Crippen molar-refractivity contribution in [1.29, 1.82) is 0 Å². The lowest BCUT2D eigenvalue weighted by Gasteiger charge is -2.33. The van der Waals surface area contributed by atoms with Crippen molar-refractivity contribution < 1.29 is 36.9 Å². The smallest absolute Gasteiger partial charge is 0.407 e. The summed E-state index contributed by atoms with van der Waals surface area (Å²) in [7, 11) is -4.07. The van der Waals surface area contributed by atoms with Crippen LogP contribution >= 0.6 is 11.3 Å². The Morgan fingerprint density at radius 2 is 2.07 bits per heavy atom. The number of nitrogen functional groups attached to an aromatic ring is 1. The Kier molecular flexibility index (Phi) is 8.83. The number of nitrogens with zero attached hydrogens (tertiary/aromatic N) is 2. The highest BCUT2D eigenvalue weighted by atomic mass is 32.2. The van der Waals surface area contributed by atoms with Crippen LogP contribution in [0.3, 0.4) is 0 Å². The fourth-order valence-corrected chi connectivity index (χ4v) is 8.95. The van der Waals surface area contributed by atoms with Gasteiger partial charge in [-0.15, -0.1) is 0 Å². The average Bonchev–Trinajstić information content (AvgIpc) is 3.63. The quantitative estimate of drug-likeness (QED) is 0.284. The highest BCUT2D eigenvalue weighted by Gasteiger charge is 2.54. The van der Waals surface area contributed by atoms with E-state index in [1.165, 1.54) is 46.0 Å². The van der Waals surface area contributed by atoms with Crippen molar-refractivity contribution in [3.8, 4) is 0 Å². The number of fused-ring (bicyclic) bond motifs is 2. The van der Waals surface area contributed by atoms with E-state index < -0.39 is 40.2 Å². The number of nitrogens with one attached hydrogen (secondary N) is 1. The summed E-state index contributed by atoms with van der Waals surface area (Å²) in [5.74, 6) is 0.0307. The van der Waals surface area contributed by atoms with Crippen molar-refractivity contribution in [2.24, 2.45) is 17.8 Å². The molecule has 4 N–H and O–H groups in total. The maximum absolute atomic E-state index is 14.1. The number of aliphatic hydroxyl groups excluding tert-OH is 1. The predicted molar refractivity (Wildman–Crippen MR) is 162 cm³/mol. The zero-order chi connectivity index (χ0) is 31.2. The van der Waals surface area contributed by atoms with Gasteiger partial charge in [0.1, 0.15) is 11.9 Å². The zero-order valence-electron chi connectivity index (χ0n) is 24.5. The van der Waals surface area contributed by atoms with Crippen molar-refractivity contribution in [2.75, 3.05) is 25.4 Å². The fraction of sp³-hybridized carbons (Fsp3) is 0.533. The van der Waals surface area contributed by atoms with E-state index in [0.717, 1.165) is 6.42 Å². The largest absolute Gasteiger partial charge is 0.443 e. The molecule has 44 heavy (non-hydrogen) atoms. The normalized spacial score (nSPS) is 25.9. The monoisotopic (exact) mass is 648 g/mol. The second-order valence-electron chi connectivity index (χ2n) is 12.3. The number of carbonyl (C=O) groups excluding carboxylic acids is 1. The minimum Gasteiger partial charge on any atom is -0.443 e. The number of halogens is 1. The van der Waals surface area contributed by atoms with Crippen molar-refractivity contribution in [2.45, 2.75) is 68.6 Å². The van der Waals surface area contributed by atoms with Gasteiger partial charge in [0, 0.05) is 19.0 Å². The highest BCUT2D eigenvalue weighted by Crippen LogP contribution is 2.47. The van der Waals surface area contributed by atoms with Crippen LogP contribution in [0.5, 0.6) is 0 Å². The predicted octanol–water partition coefficient (Wildman–Crippen LogP) is 3.51. The Hall–Kier alpha value is -2.88. The van der Waals surface area contributed by atoms with Crippen molar-refractivity contribution in [3.05, 3.63) is 53.8 Å². The molecule has 1 saturated carbocycles. The minimum atomic E-state index is -4.07. The van der Waals surface area contributed by atoms with E-state index in [4.69, 9.17) is 19.9 Å². The first kappa shape index (κ1) is 31.1. The molecular formula is C30H37FN4O7S2. The molecule has 2 saturated heterocycles. The maximum Gasteiger partial charge on any atom is 0.407 e. The Morgan fingerprint density at radius 3 is 2.84 bits per heavy atom. The number of rotatable bonds is 11. The van der Waals surface area contributed by atoms with Crippen molar-refractivity contribution >= 4 is 42.8 Å². The van der Waals surface area contributed by atoms with Gasteiger partial charge < -0.3 is 30.4 Å². The number of aromatic nitrogens is 1. The molecule has 0 radical (unpaired) electrons. The molecule has 2 bridgehead atoms. The first-order valence-corrected chi connectivity index (χ1v) is 17.0. The molecule has 1 amide bonds. The third kappa shape index (κ3) is 6.56. The van der Waals surface area contributed by atoms with Gasteiger partial charge >= 0.3 is 6.09 Å². The number of carbonyl (C=O) groups is 1. The van der Waals surface area contributed by atoms with E-state index in [1.807, 2.05) is 13.8 Å². The summed E-state index contributed by atoms with van der Waals surface area (Å²) >= 11 is 1.18. The second-order valence-corrected chi connectivity index (χ2v) is 15.3. The average molecular weight is 649 g/mol. The lowest BCUT2D eigenvalue weighted by atomic mass is 9.80. The van der Waals surface area contributed by atoms with Gasteiger partial charge in [0.2, 0.25) is 10.0 Å². The number of hydrogen-bond donors (Lipinski definition) is 3. The molecule has 1 aliphatic carbocycles. The SMILES string of the molecule is CC(C)CN(C[C@@H](O)[C@H](Cc1cccc(F)c1)NC(=O)O[C@H]1C[C@H]2CO[C@H]3OC1C[C@@H]23)S(=O)(=O)c1ccc2nc(N)sc2c1. The van der Waals surface area contributed by atoms with Crippen molar-refractivity contribution in [1.82, 2.24) is 14.6 Å². The molecule has 1 aromatic heterocycles. The molecule has 14 heteroatoms. The summed E-state index contributed by atoms with van der Waals surface area (Å²) in [5.41, 5.74) is 6.93. The fourth-order valence-electron chi connectivity index (χ4n) is 6.45. The van der Waals surface area contributed by atoms with E-state index in [2.05, 4.69) is 10.3 Å². The van der Waals surface area contributed by atoms with Gasteiger partial charge in [-0.05, 0) is 67.0 Å². The van der Waals surface area contributed by atoms with Crippen LogP contribution < -0.4 is 11.1 Å². The van der Waals surface area contributed by atoms with E-state index >= 15 is 0 Å². The Bertz CT molecular complexity index is 1620. The number of alkyl carbamates (subject to hydrolysis) is 1. The van der Waals surface area contributed by atoms with Crippen LogP contribution in [0.15, 0.2) is 47.4 Å². The van der Waals surface area contributed by atoms with Crippen LogP contribution in [0.2, 0.25) is 0 Å². The lowest BCUT2D eigenvalue weighted by molar-refractivity contribution is -0.147. The summed E-state index contributed by atoms with van der Waals surface area (Å²) in [5, 5.41) is 14.6. The topological polar surface area (TPSA) is 153 Å². The van der Waals surface area contributed by atoms with Crippen molar-refractivity contribution in [3.63, 3.8) is 0 Å². The molecule has 3 fully saturated rings. The molecule has 0 spiro atoms. The summed E-state index contributed by atoms with van der Waals surface area (Å²) < 4.78 is 61.1. The van der Waals surface area contributed by atoms with Gasteiger partial charge in [-0.25, -0.2) is 22.6 Å². The number of thiazole rings is 1. The van der Waals surface area contributed by atoms with E-state index in [0.29, 0.717) is 39.9 Å². The molecular weight excluding hydrogens is 611 g/mol. The second kappa shape index (κ2) is 12.5. The third-order valence-corrected chi connectivity index (χ3v) is 11.2. The minimum absolute atomic E-state index is 0.0426. The molecule has 1 unspecified atom stereocenters. The molecule has 3 aromatic rings. The standard InChI is InChI=1S/C30H37FN4O7S2/c1-16(2)13-35(44(38,39)20-6-7-22-27(11-20)43-29(32)33-22)14-24(36)23(9-17-4-3-5-19(31)8-17)34-30(37)42-25-10-18-15-40-28-21(18)12-26(25)41-28/h3-8,11,16,18,21,23-26,28,36H,9-10,12-15H2,1-2H3,(H2,32,33)(H,34,37)/t18-,21-,23-,24+,25-,26?,28-/m0/s1. The number of hydrogen-bond acceptors (Lipinski definition) is 10. The number of amides is 1. The van der Waals surface area contributed by atoms with E-state index in [1.54, 1.807) is 12.1 Å². The Labute approximate surface area is 259 Å². The molecule has 7 atom stereocenters. The highest BCUT2D eigenvalue weighted by molar-refractivity contribution is 7.89. The molecule has 11 nitrogen and oxygen atoms in total. The molecule has 238 valence electrons. The molecule has 2 aliphatic heterocycles. The lowest BCUT2D eigenvalue weighted by Crippen LogP contribution is -2.52. The van der Waals surface area contributed by atoms with E-state index in [9.17, 15) is 22.7 Å². The number of aliphatic hydroxyl groups is 1. The Morgan fingerprint density at radius 1 is 1.25 bits per heavy atom. The number of sulfonamides is 1. The van der Waals surface area contributed by atoms with Gasteiger partial charge in [-0.1, -0.05) is 37.3 Å². The van der Waals surface area contributed by atoms with Crippen LogP contribution in [0, 0.1) is 23.6 Å². The maximum atomic E-state index is 14.1. The van der Waals surface area contributed by atoms with Crippen LogP contribution in [-0.2, 0) is 30.7 Å². The molecule has 2 aromatic carbocycles. The third-order valence-electron chi connectivity index (χ3n) is 8.54. The summed E-state index contributed by atoms with van der Waals surface area (Å²) in [6.45, 7) is 4.11. The van der Waals surface area contributed by atoms with Gasteiger partial charge in [0.05, 0.1) is 40.0 Å². The Balaban J connectivity index is 1.21. The van der Waals surface area contributed by atoms with Gasteiger partial charge in [0.25, 0.3) is 0 Å². The van der Waals surface area contributed by atoms with Crippen LogP contribution in [0.4, 0.5) is 14.3 Å². The number of nitrogens with two attached hydrogens (primary N) is 1. The van der Waals surface area contributed by atoms with E-state index in [-0.39, 0.29) is 48.6 Å². The summed E-state index contributed by atoms with van der Waals surface area (Å²) in [6, 6.07) is 9.44. The van der Waals surface area contributed by atoms with Crippen LogP contribution in [0.1, 0.15) is 32.3 Å². The summed E-state index contributed by atoms with van der Waals surface area (Å²) in [4.78, 5) is 17.5. The van der Waals surface area contributed by atoms with Gasteiger partial charge in [-0.3, -0.25) is 0 Å². The summed E-state index contributed by atoms with van der Waals surface area (Å²) in [6.07, 6.45) is -1.69. The number of ether oxygens (including phenoxy) is 3. The molecule has 6 rings (SSSR count). The van der Waals surface area contributed by atoms with Crippen LogP contribution in [-0.4, -0.2) is 79.2 Å². The van der Waals surface area contributed by atoms with Gasteiger partial charge in [0.15, 0.2) is 11.4 Å². The molecule has 3 heterocycles. The first-order valence-electron chi connectivity index (χ1n) is 14.8. The molecule has 3 aliphatic rings. The van der Waals surface area contributed by atoms with Gasteiger partial charge in [-0.2, -0.15) is 4.31 Å². The van der Waals surface area contributed by atoms with Crippen LogP contribution in [0.25, 0.3) is 10.2 Å².